The van der Waals surface area contributed by atoms with Crippen LogP contribution in [0.4, 0.5) is 5.69 Å². The maximum atomic E-state index is 11.8. The predicted molar refractivity (Wildman–Crippen MR) is 71.7 cm³/mol. The van der Waals surface area contributed by atoms with Gasteiger partial charge in [0.15, 0.2) is 11.3 Å². The van der Waals surface area contributed by atoms with E-state index in [0.717, 1.165) is 4.90 Å². The fraction of sp³-hybridized carbons (Fsp3) is 0.231. The summed E-state index contributed by atoms with van der Waals surface area (Å²) in [5.41, 5.74) is -0.616. The van der Waals surface area contributed by atoms with Crippen LogP contribution in [0.15, 0.2) is 23.8 Å². The second-order valence-electron chi connectivity index (χ2n) is 4.26. The number of carbonyl (C=O) groups excluding carboxylic acids is 1. The van der Waals surface area contributed by atoms with Crippen LogP contribution in [-0.2, 0) is 4.79 Å². The van der Waals surface area contributed by atoms with E-state index in [9.17, 15) is 20.0 Å². The van der Waals surface area contributed by atoms with E-state index >= 15 is 0 Å². The number of likely N-dealkylation sites (N-methyl/N-ethyl adjacent to an activating group) is 1. The van der Waals surface area contributed by atoms with Crippen LogP contribution in [-0.4, -0.2) is 34.9 Å². The molecular weight excluding hydrogens is 262 g/mol. The molecule has 0 fully saturated rings. The Labute approximate surface area is 115 Å². The topological polar surface area (TPSA) is 107 Å². The van der Waals surface area contributed by atoms with Crippen LogP contribution in [0.3, 0.4) is 0 Å². The van der Waals surface area contributed by atoms with E-state index in [1.54, 1.807) is 19.1 Å². The lowest BCUT2D eigenvalue weighted by Crippen LogP contribution is -2.24. The molecule has 0 heterocycles. The minimum atomic E-state index is -0.720. The molecule has 0 bridgehead atoms. The maximum absolute atomic E-state index is 11.8. The molecule has 7 nitrogen and oxygen atoms in total. The number of amides is 1. The predicted octanol–water partition coefficient (Wildman–Crippen LogP) is 1.78. The number of nitriles is 1. The van der Waals surface area contributed by atoms with Gasteiger partial charge < -0.3 is 10.0 Å². The lowest BCUT2D eigenvalue weighted by molar-refractivity contribution is -0.385. The molecule has 20 heavy (non-hydrogen) atoms. The average Bonchev–Trinajstić information content (AvgIpc) is 2.38. The summed E-state index contributed by atoms with van der Waals surface area (Å²) in [7, 11) is 2.83. The number of nitro benzene ring substituents is 1. The summed E-state index contributed by atoms with van der Waals surface area (Å²) in [6, 6.07) is 5.80. The molecule has 104 valence electrons. The Bertz CT molecular complexity index is 642. The molecule has 1 N–H and O–H groups in total. The molecule has 0 aliphatic heterocycles. The van der Waals surface area contributed by atoms with Crippen LogP contribution in [0.1, 0.15) is 11.1 Å². The zero-order valence-corrected chi connectivity index (χ0v) is 11.2. The number of hydrogen-bond acceptors (Lipinski definition) is 5. The quantitative estimate of drug-likeness (QED) is 0.297. The van der Waals surface area contributed by atoms with Crippen LogP contribution in [0.2, 0.25) is 0 Å². The van der Waals surface area contributed by atoms with Crippen molar-refractivity contribution in [3.63, 3.8) is 0 Å². The second-order valence-corrected chi connectivity index (χ2v) is 4.26. The van der Waals surface area contributed by atoms with Crippen molar-refractivity contribution in [2.24, 2.45) is 0 Å². The first-order chi connectivity index (χ1) is 9.31. The Morgan fingerprint density at radius 3 is 2.50 bits per heavy atom. The summed E-state index contributed by atoms with van der Waals surface area (Å²) in [5, 5.41) is 30.1. The number of aliphatic hydroxyl groups excluding tert-OH is 1. The van der Waals surface area contributed by atoms with Crippen molar-refractivity contribution in [3.8, 4) is 6.07 Å². The lowest BCUT2D eigenvalue weighted by atomic mass is 10.0. The molecular formula is C13H13N3O4. The van der Waals surface area contributed by atoms with Crippen LogP contribution < -0.4 is 0 Å². The number of rotatable bonds is 3. The monoisotopic (exact) mass is 275 g/mol. The van der Waals surface area contributed by atoms with E-state index in [0.29, 0.717) is 5.56 Å². The molecule has 1 rings (SSSR count). The van der Waals surface area contributed by atoms with Gasteiger partial charge in [-0.2, -0.15) is 5.26 Å². The third-order valence-corrected chi connectivity index (χ3v) is 2.65. The Balaban J connectivity index is 3.63. The highest BCUT2D eigenvalue weighted by molar-refractivity contribution is 6.04. The molecule has 0 saturated carbocycles. The summed E-state index contributed by atoms with van der Waals surface area (Å²) in [6.45, 7) is 1.55. The number of nitro groups is 1. The number of aryl methyl sites for hydroxylation is 1. The minimum absolute atomic E-state index is 0.121. The van der Waals surface area contributed by atoms with Crippen molar-refractivity contribution < 1.29 is 14.8 Å². The first kappa shape index (κ1) is 15.2. The highest BCUT2D eigenvalue weighted by atomic mass is 16.6. The maximum Gasteiger partial charge on any atom is 0.280 e. The molecule has 1 aromatic carbocycles. The third-order valence-electron chi connectivity index (χ3n) is 2.65. The van der Waals surface area contributed by atoms with E-state index in [1.165, 1.54) is 26.2 Å². The van der Waals surface area contributed by atoms with Gasteiger partial charge in [0, 0.05) is 20.2 Å². The first-order valence-electron chi connectivity index (χ1n) is 5.60. The zero-order valence-electron chi connectivity index (χ0n) is 11.2. The van der Waals surface area contributed by atoms with E-state index in [-0.39, 0.29) is 11.3 Å². The van der Waals surface area contributed by atoms with Crippen LogP contribution in [0.5, 0.6) is 0 Å². The summed E-state index contributed by atoms with van der Waals surface area (Å²) in [6.07, 6.45) is 0. The van der Waals surface area contributed by atoms with E-state index in [2.05, 4.69) is 0 Å². The van der Waals surface area contributed by atoms with Gasteiger partial charge in [-0.3, -0.25) is 14.9 Å². The van der Waals surface area contributed by atoms with Gasteiger partial charge in [0.2, 0.25) is 0 Å². The number of benzene rings is 1. The molecule has 1 amide bonds. The fourth-order valence-corrected chi connectivity index (χ4v) is 1.66. The van der Waals surface area contributed by atoms with Crippen molar-refractivity contribution >= 4 is 17.4 Å². The second kappa shape index (κ2) is 5.84. The number of aliphatic hydroxyl groups is 1. The van der Waals surface area contributed by atoms with Crippen molar-refractivity contribution in [1.29, 1.82) is 5.26 Å². The van der Waals surface area contributed by atoms with Gasteiger partial charge in [0.1, 0.15) is 6.07 Å². The van der Waals surface area contributed by atoms with Gasteiger partial charge in [-0.1, -0.05) is 12.1 Å². The van der Waals surface area contributed by atoms with Gasteiger partial charge in [-0.25, -0.2) is 0 Å². The Hall–Kier alpha value is -2.88. The fourth-order valence-electron chi connectivity index (χ4n) is 1.66. The highest BCUT2D eigenvalue weighted by Crippen LogP contribution is 2.29. The molecule has 0 unspecified atom stereocenters. The standard InChI is InChI=1S/C13H13N3O4/c1-8-5-4-6-10(16(19)20)11(8)12(17)9(7-14)13(18)15(2)3/h4-6,17H,1-3H3/b12-9-. The molecule has 0 saturated heterocycles. The largest absolute Gasteiger partial charge is 0.505 e. The third kappa shape index (κ3) is 2.75. The normalized spacial score (nSPS) is 11.3. The van der Waals surface area contributed by atoms with Crippen LogP contribution in [0, 0.1) is 28.4 Å². The van der Waals surface area contributed by atoms with E-state index < -0.39 is 22.2 Å². The Kier molecular flexibility index (Phi) is 4.43. The SMILES string of the molecule is Cc1cccc([N+](=O)[O-])c1/C(O)=C(\C#N)C(=O)N(C)C. The van der Waals surface area contributed by atoms with Gasteiger partial charge in [0.25, 0.3) is 11.6 Å². The summed E-state index contributed by atoms with van der Waals surface area (Å²) < 4.78 is 0. The summed E-state index contributed by atoms with van der Waals surface area (Å²) in [4.78, 5) is 23.2. The smallest absolute Gasteiger partial charge is 0.280 e. The Morgan fingerprint density at radius 2 is 2.05 bits per heavy atom. The summed E-state index contributed by atoms with van der Waals surface area (Å²) >= 11 is 0. The van der Waals surface area contributed by atoms with Crippen LogP contribution in [0.25, 0.3) is 5.76 Å². The molecule has 0 aromatic heterocycles. The number of nitrogens with zero attached hydrogens (tertiary/aromatic N) is 3. The van der Waals surface area contributed by atoms with Crippen molar-refractivity contribution in [3.05, 3.63) is 45.0 Å². The van der Waals surface area contributed by atoms with Gasteiger partial charge in [0.05, 0.1) is 10.5 Å². The number of hydrogen-bond donors (Lipinski definition) is 1. The summed E-state index contributed by atoms with van der Waals surface area (Å²) in [5.74, 6) is -1.40. The molecule has 0 aliphatic carbocycles. The van der Waals surface area contributed by atoms with Gasteiger partial charge in [-0.05, 0) is 12.5 Å². The van der Waals surface area contributed by atoms with Crippen molar-refractivity contribution in [2.75, 3.05) is 14.1 Å². The number of carbonyl (C=O) groups is 1. The minimum Gasteiger partial charge on any atom is -0.505 e. The molecule has 1 aromatic rings. The molecule has 0 atom stereocenters. The molecule has 7 heteroatoms. The zero-order chi connectivity index (χ0) is 15.4. The average molecular weight is 275 g/mol. The first-order valence-corrected chi connectivity index (χ1v) is 5.60. The van der Waals surface area contributed by atoms with Crippen molar-refractivity contribution in [1.82, 2.24) is 4.90 Å². The Morgan fingerprint density at radius 1 is 1.45 bits per heavy atom. The molecule has 0 spiro atoms. The van der Waals surface area contributed by atoms with Crippen LogP contribution >= 0.6 is 0 Å². The lowest BCUT2D eigenvalue weighted by Gasteiger charge is -2.12. The molecule has 0 radical (unpaired) electrons. The highest BCUT2D eigenvalue weighted by Gasteiger charge is 2.25. The molecule has 0 aliphatic rings. The van der Waals surface area contributed by atoms with Gasteiger partial charge >= 0.3 is 0 Å². The van der Waals surface area contributed by atoms with E-state index in [4.69, 9.17) is 5.26 Å². The van der Waals surface area contributed by atoms with Crippen molar-refractivity contribution in [2.45, 2.75) is 6.92 Å². The van der Waals surface area contributed by atoms with Gasteiger partial charge in [-0.15, -0.1) is 0 Å². The van der Waals surface area contributed by atoms with E-state index in [1.807, 2.05) is 0 Å².